The Balaban J connectivity index is 2.21. The highest BCUT2D eigenvalue weighted by atomic mass is 32.2. The highest BCUT2D eigenvalue weighted by Crippen LogP contribution is 2.36. The van der Waals surface area contributed by atoms with Gasteiger partial charge in [0, 0.05) is 6.04 Å². The number of aromatic amines is 1. The van der Waals surface area contributed by atoms with Crippen molar-refractivity contribution >= 4 is 17.7 Å². The molecule has 2 N–H and O–H groups in total. The van der Waals surface area contributed by atoms with Crippen molar-refractivity contribution in [3.63, 3.8) is 0 Å². The SMILES string of the molecule is O=C(O)C(F)Sc1n[nH]c(=O)n1C1CC1. The molecule has 0 spiro atoms. The fourth-order valence-electron chi connectivity index (χ4n) is 1.17. The molecule has 0 bridgehead atoms. The third kappa shape index (κ3) is 2.04. The van der Waals surface area contributed by atoms with Crippen LogP contribution in [0.5, 0.6) is 0 Å². The maximum Gasteiger partial charge on any atom is 0.349 e. The number of thioether (sulfide) groups is 1. The number of alkyl halides is 1. The molecule has 82 valence electrons. The van der Waals surface area contributed by atoms with Crippen LogP contribution in [0.4, 0.5) is 4.39 Å². The second-order valence-corrected chi connectivity index (χ2v) is 4.20. The van der Waals surface area contributed by atoms with Crippen LogP contribution in [0.2, 0.25) is 0 Å². The van der Waals surface area contributed by atoms with Gasteiger partial charge in [-0.2, -0.15) is 0 Å². The molecule has 8 heteroatoms. The summed E-state index contributed by atoms with van der Waals surface area (Å²) in [4.78, 5) is 21.5. The Morgan fingerprint density at radius 2 is 2.40 bits per heavy atom. The van der Waals surface area contributed by atoms with E-state index in [-0.39, 0.29) is 11.2 Å². The van der Waals surface area contributed by atoms with Crippen LogP contribution in [0.15, 0.2) is 9.95 Å². The lowest BCUT2D eigenvalue weighted by atomic mass is 10.7. The number of hydrogen-bond donors (Lipinski definition) is 2. The lowest BCUT2D eigenvalue weighted by molar-refractivity contribution is -0.139. The first kappa shape index (κ1) is 10.2. The van der Waals surface area contributed by atoms with E-state index in [9.17, 15) is 14.0 Å². The molecular formula is C7H8FN3O3S. The van der Waals surface area contributed by atoms with Gasteiger partial charge >= 0.3 is 11.7 Å². The second-order valence-electron chi connectivity index (χ2n) is 3.18. The summed E-state index contributed by atoms with van der Waals surface area (Å²) in [6.07, 6.45) is 1.69. The molecule has 1 unspecified atom stereocenters. The summed E-state index contributed by atoms with van der Waals surface area (Å²) in [6, 6.07) is 0.0414. The van der Waals surface area contributed by atoms with Crippen molar-refractivity contribution in [2.75, 3.05) is 0 Å². The fraction of sp³-hybridized carbons (Fsp3) is 0.571. The van der Waals surface area contributed by atoms with Crippen molar-refractivity contribution in [3.8, 4) is 0 Å². The number of carboxylic acid groups (broad SMARTS) is 1. The zero-order valence-corrected chi connectivity index (χ0v) is 8.33. The zero-order valence-electron chi connectivity index (χ0n) is 7.51. The number of aliphatic carboxylic acids is 1. The predicted molar refractivity (Wildman–Crippen MR) is 49.5 cm³/mol. The summed E-state index contributed by atoms with van der Waals surface area (Å²) in [6.45, 7) is 0. The minimum atomic E-state index is -2.10. The topological polar surface area (TPSA) is 88.0 Å². The van der Waals surface area contributed by atoms with Crippen LogP contribution in [0.3, 0.4) is 0 Å². The molecule has 1 atom stereocenters. The van der Waals surface area contributed by atoms with Gasteiger partial charge in [0.2, 0.25) is 5.50 Å². The van der Waals surface area contributed by atoms with E-state index in [0.717, 1.165) is 12.8 Å². The van der Waals surface area contributed by atoms with Crippen molar-refractivity contribution in [1.29, 1.82) is 0 Å². The summed E-state index contributed by atoms with van der Waals surface area (Å²) < 4.78 is 14.2. The normalized spacial score (nSPS) is 17.7. The van der Waals surface area contributed by atoms with Gasteiger partial charge in [0.05, 0.1) is 0 Å². The molecule has 15 heavy (non-hydrogen) atoms. The molecule has 1 aromatic heterocycles. The van der Waals surface area contributed by atoms with Crippen LogP contribution in [0, 0.1) is 0 Å². The maximum absolute atomic E-state index is 12.9. The first-order chi connectivity index (χ1) is 7.09. The van der Waals surface area contributed by atoms with Gasteiger partial charge in [-0.25, -0.2) is 19.1 Å². The van der Waals surface area contributed by atoms with E-state index in [2.05, 4.69) is 10.2 Å². The molecular weight excluding hydrogens is 225 g/mol. The van der Waals surface area contributed by atoms with Gasteiger partial charge in [-0.15, -0.1) is 5.10 Å². The first-order valence-electron chi connectivity index (χ1n) is 4.30. The van der Waals surface area contributed by atoms with E-state index in [0.29, 0.717) is 11.8 Å². The van der Waals surface area contributed by atoms with E-state index < -0.39 is 17.2 Å². The lowest BCUT2D eigenvalue weighted by Gasteiger charge is -2.03. The molecule has 0 radical (unpaired) electrons. The summed E-state index contributed by atoms with van der Waals surface area (Å²) in [5.74, 6) is -1.57. The zero-order chi connectivity index (χ0) is 11.0. The number of halogens is 1. The number of carbonyl (C=O) groups is 1. The number of H-pyrrole nitrogens is 1. The molecule has 1 heterocycles. The summed E-state index contributed by atoms with van der Waals surface area (Å²) in [7, 11) is 0. The number of nitrogens with one attached hydrogen (secondary N) is 1. The van der Waals surface area contributed by atoms with Crippen LogP contribution in [-0.4, -0.2) is 31.3 Å². The highest BCUT2D eigenvalue weighted by molar-refractivity contribution is 8.00. The average Bonchev–Trinajstić information content (AvgIpc) is 2.93. The van der Waals surface area contributed by atoms with E-state index >= 15 is 0 Å². The number of rotatable bonds is 4. The van der Waals surface area contributed by atoms with Crippen molar-refractivity contribution in [1.82, 2.24) is 14.8 Å². The largest absolute Gasteiger partial charge is 0.478 e. The van der Waals surface area contributed by atoms with Crippen molar-refractivity contribution in [3.05, 3.63) is 10.5 Å². The Hall–Kier alpha value is -1.31. The van der Waals surface area contributed by atoms with Gasteiger partial charge in [-0.1, -0.05) is 0 Å². The van der Waals surface area contributed by atoms with Gasteiger partial charge in [0.15, 0.2) is 5.16 Å². The molecule has 0 aromatic carbocycles. The third-order valence-electron chi connectivity index (χ3n) is 1.99. The lowest BCUT2D eigenvalue weighted by Crippen LogP contribution is -2.17. The predicted octanol–water partition coefficient (Wildman–Crippen LogP) is 0.379. The Bertz CT molecular complexity index is 439. The minimum absolute atomic E-state index is 0.0414. The van der Waals surface area contributed by atoms with Gasteiger partial charge in [-0.05, 0) is 24.6 Å². The van der Waals surface area contributed by atoms with Gasteiger partial charge in [0.1, 0.15) is 0 Å². The van der Waals surface area contributed by atoms with Crippen LogP contribution >= 0.6 is 11.8 Å². The molecule has 1 aliphatic carbocycles. The number of nitrogens with zero attached hydrogens (tertiary/aromatic N) is 2. The smallest absolute Gasteiger partial charge is 0.349 e. The Morgan fingerprint density at radius 3 is 2.93 bits per heavy atom. The molecule has 1 saturated carbocycles. The monoisotopic (exact) mass is 233 g/mol. The molecule has 0 aliphatic heterocycles. The summed E-state index contributed by atoms with van der Waals surface area (Å²) in [5, 5.41) is 14.2. The molecule has 0 saturated heterocycles. The van der Waals surface area contributed by atoms with E-state index in [4.69, 9.17) is 5.11 Å². The molecule has 6 nitrogen and oxygen atoms in total. The van der Waals surface area contributed by atoms with Crippen LogP contribution in [-0.2, 0) is 4.79 Å². The van der Waals surface area contributed by atoms with Crippen LogP contribution in [0.25, 0.3) is 0 Å². The second kappa shape index (κ2) is 3.69. The summed E-state index contributed by atoms with van der Waals surface area (Å²) >= 11 is 0.422. The summed E-state index contributed by atoms with van der Waals surface area (Å²) in [5.41, 5.74) is -2.52. The third-order valence-corrected chi connectivity index (χ3v) is 2.89. The van der Waals surface area contributed by atoms with Gasteiger partial charge < -0.3 is 5.11 Å². The van der Waals surface area contributed by atoms with Gasteiger partial charge in [0.25, 0.3) is 0 Å². The van der Waals surface area contributed by atoms with Crippen LogP contribution < -0.4 is 5.69 Å². The van der Waals surface area contributed by atoms with Crippen molar-refractivity contribution < 1.29 is 14.3 Å². The molecule has 1 fully saturated rings. The number of carboxylic acids is 1. The van der Waals surface area contributed by atoms with E-state index in [1.54, 1.807) is 0 Å². The Morgan fingerprint density at radius 1 is 1.73 bits per heavy atom. The minimum Gasteiger partial charge on any atom is -0.478 e. The molecule has 1 aromatic rings. The first-order valence-corrected chi connectivity index (χ1v) is 5.18. The molecule has 1 aliphatic rings. The quantitative estimate of drug-likeness (QED) is 0.734. The van der Waals surface area contributed by atoms with Crippen molar-refractivity contribution in [2.24, 2.45) is 0 Å². The Labute approximate surface area is 87.5 Å². The highest BCUT2D eigenvalue weighted by Gasteiger charge is 2.30. The van der Waals surface area contributed by atoms with E-state index in [1.807, 2.05) is 0 Å². The van der Waals surface area contributed by atoms with Crippen LogP contribution in [0.1, 0.15) is 18.9 Å². The molecule has 0 amide bonds. The van der Waals surface area contributed by atoms with Gasteiger partial charge in [-0.3, -0.25) is 4.57 Å². The molecule has 2 rings (SSSR count). The Kier molecular flexibility index (Phi) is 2.51. The van der Waals surface area contributed by atoms with Crippen molar-refractivity contribution in [2.45, 2.75) is 29.5 Å². The number of hydrogen-bond acceptors (Lipinski definition) is 4. The standard InChI is InChI=1S/C7H8FN3O3S/c8-4(5(12)13)15-7-10-9-6(14)11(7)3-1-2-3/h3-4H,1-2H2,(H,9,14)(H,12,13). The fourth-order valence-corrected chi connectivity index (χ4v) is 1.90. The van der Waals surface area contributed by atoms with E-state index in [1.165, 1.54) is 4.57 Å². The average molecular weight is 233 g/mol. The number of aromatic nitrogens is 3. The maximum atomic E-state index is 12.9.